The van der Waals surface area contributed by atoms with Crippen LogP contribution >= 0.6 is 0 Å². The summed E-state index contributed by atoms with van der Waals surface area (Å²) in [5, 5.41) is 5.87. The molecular formula is C16H29N3O3. The molecule has 0 aromatic rings. The zero-order valence-electron chi connectivity index (χ0n) is 13.6. The van der Waals surface area contributed by atoms with Crippen molar-refractivity contribution in [2.24, 2.45) is 0 Å². The van der Waals surface area contributed by atoms with Crippen molar-refractivity contribution >= 4 is 11.9 Å². The van der Waals surface area contributed by atoms with Crippen LogP contribution in [0.25, 0.3) is 0 Å². The highest BCUT2D eigenvalue weighted by atomic mass is 16.5. The molecule has 1 aliphatic carbocycles. The van der Waals surface area contributed by atoms with Crippen LogP contribution < -0.4 is 10.6 Å². The Kier molecular flexibility index (Phi) is 6.96. The summed E-state index contributed by atoms with van der Waals surface area (Å²) in [5.74, 6) is 0.0324. The Labute approximate surface area is 132 Å². The van der Waals surface area contributed by atoms with Gasteiger partial charge in [-0.2, -0.15) is 0 Å². The molecule has 6 nitrogen and oxygen atoms in total. The largest absolute Gasteiger partial charge is 0.376 e. The number of hydrogen-bond donors (Lipinski definition) is 2. The Hall–Kier alpha value is -1.30. The van der Waals surface area contributed by atoms with Crippen molar-refractivity contribution in [2.45, 2.75) is 64.0 Å². The Balaban J connectivity index is 1.63. The summed E-state index contributed by atoms with van der Waals surface area (Å²) in [4.78, 5) is 25.3. The van der Waals surface area contributed by atoms with E-state index in [0.29, 0.717) is 25.7 Å². The summed E-state index contributed by atoms with van der Waals surface area (Å²) >= 11 is 0. The molecule has 6 heteroatoms. The second kappa shape index (κ2) is 8.98. The van der Waals surface area contributed by atoms with E-state index >= 15 is 0 Å². The van der Waals surface area contributed by atoms with E-state index in [-0.39, 0.29) is 18.0 Å². The fourth-order valence-electron chi connectivity index (χ4n) is 3.20. The van der Waals surface area contributed by atoms with Crippen LogP contribution in [0.15, 0.2) is 0 Å². The van der Waals surface area contributed by atoms with E-state index in [1.807, 2.05) is 0 Å². The first-order valence-corrected chi connectivity index (χ1v) is 8.56. The van der Waals surface area contributed by atoms with Gasteiger partial charge in [-0.25, -0.2) is 4.79 Å². The molecular weight excluding hydrogens is 282 g/mol. The molecule has 1 aliphatic heterocycles. The average molecular weight is 311 g/mol. The summed E-state index contributed by atoms with van der Waals surface area (Å²) < 4.78 is 5.57. The van der Waals surface area contributed by atoms with E-state index in [1.54, 1.807) is 11.8 Å². The average Bonchev–Trinajstić information content (AvgIpc) is 3.00. The predicted octanol–water partition coefficient (Wildman–Crippen LogP) is 1.65. The molecule has 2 aliphatic rings. The van der Waals surface area contributed by atoms with Gasteiger partial charge >= 0.3 is 6.03 Å². The molecule has 22 heavy (non-hydrogen) atoms. The zero-order valence-corrected chi connectivity index (χ0v) is 13.6. The van der Waals surface area contributed by atoms with Gasteiger partial charge in [0.15, 0.2) is 0 Å². The van der Waals surface area contributed by atoms with Crippen molar-refractivity contribution < 1.29 is 14.3 Å². The van der Waals surface area contributed by atoms with Crippen molar-refractivity contribution in [2.75, 3.05) is 26.2 Å². The maximum atomic E-state index is 11.9. The van der Waals surface area contributed by atoms with Crippen LogP contribution in [-0.4, -0.2) is 55.2 Å². The molecule has 0 radical (unpaired) electrons. The first-order chi connectivity index (χ1) is 10.6. The first kappa shape index (κ1) is 17.1. The Morgan fingerprint density at radius 2 is 1.91 bits per heavy atom. The minimum Gasteiger partial charge on any atom is -0.376 e. The Bertz CT molecular complexity index is 364. The second-order valence-corrected chi connectivity index (χ2v) is 6.34. The third-order valence-corrected chi connectivity index (χ3v) is 4.50. The van der Waals surface area contributed by atoms with Crippen LogP contribution in [0.4, 0.5) is 4.79 Å². The lowest BCUT2D eigenvalue weighted by molar-refractivity contribution is -0.130. The van der Waals surface area contributed by atoms with Gasteiger partial charge in [0, 0.05) is 39.2 Å². The smallest absolute Gasteiger partial charge is 0.315 e. The van der Waals surface area contributed by atoms with Crippen LogP contribution in [0, 0.1) is 0 Å². The van der Waals surface area contributed by atoms with Gasteiger partial charge in [-0.3, -0.25) is 4.79 Å². The van der Waals surface area contributed by atoms with Crippen molar-refractivity contribution in [3.05, 3.63) is 0 Å². The highest BCUT2D eigenvalue weighted by Crippen LogP contribution is 2.17. The van der Waals surface area contributed by atoms with Crippen molar-refractivity contribution in [1.82, 2.24) is 15.5 Å². The van der Waals surface area contributed by atoms with Crippen LogP contribution in [0.2, 0.25) is 0 Å². The number of nitrogens with one attached hydrogen (secondary N) is 2. The normalized spacial score (nSPS) is 22.3. The van der Waals surface area contributed by atoms with Crippen LogP contribution in [0.3, 0.4) is 0 Å². The summed E-state index contributed by atoms with van der Waals surface area (Å²) in [6, 6.07) is 0.192. The third kappa shape index (κ3) is 5.83. The predicted molar refractivity (Wildman–Crippen MR) is 84.6 cm³/mol. The quantitative estimate of drug-likeness (QED) is 0.783. The number of rotatable bonds is 6. The molecule has 126 valence electrons. The number of carbonyl (C=O) groups is 2. The summed E-state index contributed by atoms with van der Waals surface area (Å²) in [7, 11) is 0. The van der Waals surface area contributed by atoms with Gasteiger partial charge in [0.05, 0.1) is 6.10 Å². The molecule has 3 amide bonds. The minimum absolute atomic E-state index is 0.0324. The van der Waals surface area contributed by atoms with Crippen molar-refractivity contribution in [1.29, 1.82) is 0 Å². The standard InChI is InChI=1S/C16H29N3O3/c1-13(20)19(12-15-8-5-11-22-15)10-9-17-16(21)18-14-6-3-2-4-7-14/h14-15H,2-12H2,1H3,(H2,17,18,21). The molecule has 2 N–H and O–H groups in total. The molecule has 2 rings (SSSR count). The monoisotopic (exact) mass is 311 g/mol. The molecule has 0 aromatic heterocycles. The van der Waals surface area contributed by atoms with Gasteiger partial charge in [-0.05, 0) is 25.7 Å². The molecule has 0 bridgehead atoms. The topological polar surface area (TPSA) is 70.7 Å². The number of nitrogens with zero attached hydrogens (tertiary/aromatic N) is 1. The van der Waals surface area contributed by atoms with Crippen LogP contribution in [-0.2, 0) is 9.53 Å². The second-order valence-electron chi connectivity index (χ2n) is 6.34. The van der Waals surface area contributed by atoms with Gasteiger partial charge in [-0.15, -0.1) is 0 Å². The maximum absolute atomic E-state index is 11.9. The minimum atomic E-state index is -0.118. The fraction of sp³-hybridized carbons (Fsp3) is 0.875. The zero-order chi connectivity index (χ0) is 15.8. The van der Waals surface area contributed by atoms with E-state index in [4.69, 9.17) is 4.74 Å². The summed E-state index contributed by atoms with van der Waals surface area (Å²) in [5.41, 5.74) is 0. The molecule has 1 atom stereocenters. The van der Waals surface area contributed by atoms with E-state index in [2.05, 4.69) is 10.6 Å². The SMILES string of the molecule is CC(=O)N(CCNC(=O)NC1CCCCC1)CC1CCCO1. The highest BCUT2D eigenvalue weighted by Gasteiger charge is 2.21. The lowest BCUT2D eigenvalue weighted by Gasteiger charge is -2.25. The molecule has 2 fully saturated rings. The molecule has 1 heterocycles. The van der Waals surface area contributed by atoms with Gasteiger partial charge in [-0.1, -0.05) is 19.3 Å². The van der Waals surface area contributed by atoms with Crippen LogP contribution in [0.5, 0.6) is 0 Å². The van der Waals surface area contributed by atoms with Gasteiger partial charge in [0.25, 0.3) is 0 Å². The molecule has 0 spiro atoms. The fourth-order valence-corrected chi connectivity index (χ4v) is 3.20. The van der Waals surface area contributed by atoms with E-state index < -0.39 is 0 Å². The number of ether oxygens (including phenoxy) is 1. The molecule has 0 aromatic carbocycles. The number of urea groups is 1. The van der Waals surface area contributed by atoms with E-state index in [1.165, 1.54) is 19.3 Å². The lowest BCUT2D eigenvalue weighted by Crippen LogP contribution is -2.46. The number of carbonyl (C=O) groups excluding carboxylic acids is 2. The summed E-state index contributed by atoms with van der Waals surface area (Å²) in [6.45, 7) is 3.99. The maximum Gasteiger partial charge on any atom is 0.315 e. The van der Waals surface area contributed by atoms with E-state index in [0.717, 1.165) is 32.3 Å². The highest BCUT2D eigenvalue weighted by molar-refractivity contribution is 5.75. The van der Waals surface area contributed by atoms with Crippen molar-refractivity contribution in [3.63, 3.8) is 0 Å². The molecule has 1 unspecified atom stereocenters. The number of hydrogen-bond acceptors (Lipinski definition) is 3. The first-order valence-electron chi connectivity index (χ1n) is 8.56. The van der Waals surface area contributed by atoms with Gasteiger partial charge in [0.2, 0.25) is 5.91 Å². The van der Waals surface area contributed by atoms with Crippen LogP contribution in [0.1, 0.15) is 51.9 Å². The molecule has 1 saturated heterocycles. The Morgan fingerprint density at radius 3 is 2.55 bits per heavy atom. The lowest BCUT2D eigenvalue weighted by atomic mass is 9.96. The van der Waals surface area contributed by atoms with Crippen molar-refractivity contribution in [3.8, 4) is 0 Å². The van der Waals surface area contributed by atoms with E-state index in [9.17, 15) is 9.59 Å². The van der Waals surface area contributed by atoms with Gasteiger partial charge in [0.1, 0.15) is 0 Å². The Morgan fingerprint density at radius 1 is 1.14 bits per heavy atom. The van der Waals surface area contributed by atoms with Gasteiger partial charge < -0.3 is 20.3 Å². The third-order valence-electron chi connectivity index (χ3n) is 4.50. The summed E-state index contributed by atoms with van der Waals surface area (Å²) in [6.07, 6.45) is 8.06. The molecule has 1 saturated carbocycles. The number of amides is 3.